The maximum atomic E-state index is 12.2. The number of aromatic nitrogens is 2. The van der Waals surface area contributed by atoms with Gasteiger partial charge in [0, 0.05) is 13.6 Å². The Morgan fingerprint density at radius 2 is 2.05 bits per heavy atom. The van der Waals surface area contributed by atoms with Crippen molar-refractivity contribution >= 4 is 29.1 Å². The molecule has 7 heteroatoms. The molecule has 0 bridgehead atoms. The van der Waals surface area contributed by atoms with Gasteiger partial charge >= 0.3 is 6.03 Å². The lowest BCUT2D eigenvalue weighted by atomic mass is 10.3. The molecule has 0 radical (unpaired) electrons. The van der Waals surface area contributed by atoms with Gasteiger partial charge in [0.1, 0.15) is 0 Å². The van der Waals surface area contributed by atoms with Gasteiger partial charge < -0.3 is 19.8 Å². The molecule has 21 heavy (non-hydrogen) atoms. The van der Waals surface area contributed by atoms with Crippen molar-refractivity contribution in [2.45, 2.75) is 19.8 Å². The molecule has 2 rings (SSSR count). The second kappa shape index (κ2) is 6.25. The SMILES string of the molecule is CCCCN(C)C(=O)N(C(=O)[O-])c1nc2ccccc2[nH]1. The molecule has 1 aromatic carbocycles. The van der Waals surface area contributed by atoms with Crippen LogP contribution in [0.5, 0.6) is 0 Å². The highest BCUT2D eigenvalue weighted by Crippen LogP contribution is 2.18. The number of aromatic amines is 1. The van der Waals surface area contributed by atoms with E-state index in [-0.39, 0.29) is 5.95 Å². The number of imide groups is 1. The van der Waals surface area contributed by atoms with E-state index in [9.17, 15) is 14.7 Å². The third kappa shape index (κ3) is 3.13. The molecule has 7 nitrogen and oxygen atoms in total. The second-order valence-electron chi connectivity index (χ2n) is 4.74. The number of nitrogens with one attached hydrogen (secondary N) is 1. The molecule has 0 aliphatic rings. The van der Waals surface area contributed by atoms with Crippen LogP contribution in [-0.4, -0.2) is 40.6 Å². The fourth-order valence-corrected chi connectivity index (χ4v) is 1.96. The standard InChI is InChI=1S/C14H18N4O3/c1-3-4-9-17(2)13(19)18(14(20)21)12-15-10-7-5-6-8-11(10)16-12/h5-8H,3-4,9H2,1-2H3,(H,15,16)(H,20,21)/p-1. The number of carboxylic acid groups (broad SMARTS) is 1. The summed E-state index contributed by atoms with van der Waals surface area (Å²) in [5.74, 6) is -0.0513. The summed E-state index contributed by atoms with van der Waals surface area (Å²) < 4.78 is 0. The largest absolute Gasteiger partial charge is 0.529 e. The van der Waals surface area contributed by atoms with Gasteiger partial charge in [0.05, 0.1) is 11.0 Å². The summed E-state index contributed by atoms with van der Waals surface area (Å²) in [6.45, 7) is 2.47. The van der Waals surface area contributed by atoms with Gasteiger partial charge in [0.15, 0.2) is 6.09 Å². The summed E-state index contributed by atoms with van der Waals surface area (Å²) in [6.07, 6.45) is 0.0963. The molecule has 0 fully saturated rings. The van der Waals surface area contributed by atoms with Crippen LogP contribution < -0.4 is 10.0 Å². The summed E-state index contributed by atoms with van der Waals surface area (Å²) in [5, 5.41) is 11.3. The predicted molar refractivity (Wildman–Crippen MR) is 76.9 cm³/mol. The average Bonchev–Trinajstić information content (AvgIpc) is 2.87. The Labute approximate surface area is 122 Å². The van der Waals surface area contributed by atoms with Crippen LogP contribution in [0.15, 0.2) is 24.3 Å². The maximum absolute atomic E-state index is 12.2. The van der Waals surface area contributed by atoms with Gasteiger partial charge in [-0.2, -0.15) is 0 Å². The van der Waals surface area contributed by atoms with Crippen LogP contribution >= 0.6 is 0 Å². The van der Waals surface area contributed by atoms with Crippen LogP contribution in [0.1, 0.15) is 19.8 Å². The maximum Gasteiger partial charge on any atom is 0.332 e. The number of benzene rings is 1. The Hall–Kier alpha value is -2.57. The highest BCUT2D eigenvalue weighted by Gasteiger charge is 2.23. The van der Waals surface area contributed by atoms with E-state index < -0.39 is 12.1 Å². The summed E-state index contributed by atoms with van der Waals surface area (Å²) in [7, 11) is 1.55. The van der Waals surface area contributed by atoms with Gasteiger partial charge in [0.2, 0.25) is 5.95 Å². The van der Waals surface area contributed by atoms with E-state index in [0.717, 1.165) is 12.8 Å². The number of unbranched alkanes of at least 4 members (excludes halogenated alkanes) is 1. The van der Waals surface area contributed by atoms with Gasteiger partial charge in [0.25, 0.3) is 0 Å². The van der Waals surface area contributed by atoms with Gasteiger partial charge in [-0.1, -0.05) is 25.5 Å². The van der Waals surface area contributed by atoms with Crippen molar-refractivity contribution < 1.29 is 14.7 Å². The molecule has 0 saturated heterocycles. The third-order valence-corrected chi connectivity index (χ3v) is 3.14. The van der Waals surface area contributed by atoms with Crippen molar-refractivity contribution in [1.29, 1.82) is 0 Å². The molecule has 0 spiro atoms. The quantitative estimate of drug-likeness (QED) is 0.924. The van der Waals surface area contributed by atoms with Gasteiger partial charge in [-0.05, 0) is 18.6 Å². The van der Waals surface area contributed by atoms with Crippen LogP contribution in [0.2, 0.25) is 0 Å². The minimum Gasteiger partial charge on any atom is -0.529 e. The van der Waals surface area contributed by atoms with Crippen LogP contribution in [0.4, 0.5) is 15.5 Å². The number of carbonyl (C=O) groups excluding carboxylic acids is 2. The monoisotopic (exact) mass is 289 g/mol. The normalized spacial score (nSPS) is 10.6. The van der Waals surface area contributed by atoms with E-state index in [1.54, 1.807) is 31.3 Å². The number of imidazole rings is 1. The van der Waals surface area contributed by atoms with E-state index in [1.165, 1.54) is 4.90 Å². The molecule has 0 aliphatic carbocycles. The Kier molecular flexibility index (Phi) is 4.42. The van der Waals surface area contributed by atoms with Gasteiger partial charge in [-0.3, -0.25) is 0 Å². The van der Waals surface area contributed by atoms with Crippen molar-refractivity contribution in [3.05, 3.63) is 24.3 Å². The predicted octanol–water partition coefficient (Wildman–Crippen LogP) is 1.56. The number of amides is 3. The van der Waals surface area contributed by atoms with Crippen LogP contribution in [-0.2, 0) is 0 Å². The molecule has 112 valence electrons. The third-order valence-electron chi connectivity index (χ3n) is 3.14. The first-order chi connectivity index (χ1) is 10.0. The Morgan fingerprint density at radius 1 is 1.33 bits per heavy atom. The molecular weight excluding hydrogens is 272 g/mol. The van der Waals surface area contributed by atoms with E-state index >= 15 is 0 Å². The van der Waals surface area contributed by atoms with Crippen molar-refractivity contribution in [2.75, 3.05) is 18.5 Å². The molecule has 1 heterocycles. The first-order valence-corrected chi connectivity index (χ1v) is 6.75. The fourth-order valence-electron chi connectivity index (χ4n) is 1.96. The van der Waals surface area contributed by atoms with E-state index in [1.807, 2.05) is 6.92 Å². The summed E-state index contributed by atoms with van der Waals surface area (Å²) in [4.78, 5) is 32.3. The summed E-state index contributed by atoms with van der Waals surface area (Å²) >= 11 is 0. The molecule has 3 amide bonds. The zero-order valence-electron chi connectivity index (χ0n) is 12.0. The number of hydrogen-bond acceptors (Lipinski definition) is 4. The Balaban J connectivity index is 2.30. The van der Waals surface area contributed by atoms with Crippen LogP contribution in [0, 0.1) is 0 Å². The first-order valence-electron chi connectivity index (χ1n) is 6.75. The van der Waals surface area contributed by atoms with E-state index in [0.29, 0.717) is 22.5 Å². The second-order valence-corrected chi connectivity index (χ2v) is 4.74. The number of fused-ring (bicyclic) bond motifs is 1. The number of urea groups is 1. The number of H-pyrrole nitrogens is 1. The topological polar surface area (TPSA) is 92.4 Å². The number of anilines is 1. The van der Waals surface area contributed by atoms with E-state index in [4.69, 9.17) is 0 Å². The zero-order valence-corrected chi connectivity index (χ0v) is 12.0. The molecular formula is C14H17N4O3-. The first kappa shape index (κ1) is 14.8. The van der Waals surface area contributed by atoms with Crippen LogP contribution in [0.3, 0.4) is 0 Å². The summed E-state index contributed by atoms with van der Waals surface area (Å²) in [6, 6.07) is 6.38. The number of hydrogen-bond donors (Lipinski definition) is 1. The molecule has 0 unspecified atom stereocenters. The van der Waals surface area contributed by atoms with Crippen molar-refractivity contribution in [3.8, 4) is 0 Å². The smallest absolute Gasteiger partial charge is 0.332 e. The Morgan fingerprint density at radius 3 is 2.67 bits per heavy atom. The lowest BCUT2D eigenvalue weighted by molar-refractivity contribution is -0.245. The lowest BCUT2D eigenvalue weighted by Gasteiger charge is -2.26. The number of rotatable bonds is 4. The molecule has 0 aliphatic heterocycles. The molecule has 0 saturated carbocycles. The minimum atomic E-state index is -1.61. The lowest BCUT2D eigenvalue weighted by Crippen LogP contribution is -2.51. The highest BCUT2D eigenvalue weighted by atomic mass is 16.4. The average molecular weight is 289 g/mol. The highest BCUT2D eigenvalue weighted by molar-refractivity contribution is 6.09. The minimum absolute atomic E-state index is 0.0513. The number of carbonyl (C=O) groups is 2. The van der Waals surface area contributed by atoms with Crippen LogP contribution in [0.25, 0.3) is 11.0 Å². The zero-order chi connectivity index (χ0) is 15.4. The van der Waals surface area contributed by atoms with Crippen molar-refractivity contribution in [2.24, 2.45) is 0 Å². The van der Waals surface area contributed by atoms with E-state index in [2.05, 4.69) is 9.97 Å². The number of nitrogens with zero attached hydrogens (tertiary/aromatic N) is 3. The summed E-state index contributed by atoms with van der Waals surface area (Å²) in [5.41, 5.74) is 1.24. The van der Waals surface area contributed by atoms with Gasteiger partial charge in [-0.15, -0.1) is 0 Å². The van der Waals surface area contributed by atoms with Crippen molar-refractivity contribution in [1.82, 2.24) is 14.9 Å². The number of para-hydroxylation sites is 2. The van der Waals surface area contributed by atoms with Gasteiger partial charge in [-0.25, -0.2) is 14.7 Å². The molecule has 2 aromatic rings. The fraction of sp³-hybridized carbons (Fsp3) is 0.357. The molecule has 1 N–H and O–H groups in total. The van der Waals surface area contributed by atoms with Crippen molar-refractivity contribution in [3.63, 3.8) is 0 Å². The Bertz CT molecular complexity index is 619. The molecule has 0 atom stereocenters. The molecule has 1 aromatic heterocycles.